The number of aryl methyl sites for hydroxylation is 1. The van der Waals surface area contributed by atoms with Crippen LogP contribution in [0.1, 0.15) is 48.2 Å². The smallest absolute Gasteiger partial charge is 0.280 e. The van der Waals surface area contributed by atoms with Crippen LogP contribution in [0.15, 0.2) is 48.5 Å². The molecular formula is C19H21NO4. The van der Waals surface area contributed by atoms with E-state index in [0.29, 0.717) is 24.2 Å². The van der Waals surface area contributed by atoms with Gasteiger partial charge < -0.3 is 0 Å². The van der Waals surface area contributed by atoms with Crippen LogP contribution in [-0.2, 0) is 4.79 Å². The third-order valence-electron chi connectivity index (χ3n) is 3.42. The fourth-order valence-electron chi connectivity index (χ4n) is 1.98. The van der Waals surface area contributed by atoms with E-state index in [2.05, 4.69) is 0 Å². The molecule has 0 unspecified atom stereocenters. The van der Waals surface area contributed by atoms with Gasteiger partial charge in [0.25, 0.3) is 5.69 Å². The number of nitrogens with zero attached hydrogens (tertiary/aromatic N) is 1. The lowest BCUT2D eigenvalue weighted by molar-refractivity contribution is -0.385. The summed E-state index contributed by atoms with van der Waals surface area (Å²) in [7, 11) is 0. The summed E-state index contributed by atoms with van der Waals surface area (Å²) in [6.45, 7) is 5.52. The quantitative estimate of drug-likeness (QED) is 0.460. The van der Waals surface area contributed by atoms with Crippen LogP contribution in [0, 0.1) is 17.0 Å². The highest BCUT2D eigenvalue weighted by atomic mass is 16.6. The van der Waals surface area contributed by atoms with Gasteiger partial charge in [-0.05, 0) is 18.6 Å². The molecule has 0 aliphatic rings. The largest absolute Gasteiger partial charge is 0.300 e. The molecule has 5 heteroatoms. The SMILES string of the molecule is CCC(=O)CC.Cc1ccc(C(=O)c2ccccc2)c([N+](=O)[O-])c1. The molecule has 0 aromatic heterocycles. The summed E-state index contributed by atoms with van der Waals surface area (Å²) in [6, 6.07) is 13.2. The number of Topliss-reactive ketones (excluding diaryl/α,β-unsaturated/α-hetero) is 1. The maximum Gasteiger partial charge on any atom is 0.280 e. The van der Waals surface area contributed by atoms with Crippen LogP contribution >= 0.6 is 0 Å². The summed E-state index contributed by atoms with van der Waals surface area (Å²) in [4.78, 5) is 32.8. The number of hydrogen-bond donors (Lipinski definition) is 0. The molecule has 0 saturated carbocycles. The molecule has 0 aliphatic heterocycles. The molecule has 0 fully saturated rings. The van der Waals surface area contributed by atoms with Crippen LogP contribution in [0.25, 0.3) is 0 Å². The van der Waals surface area contributed by atoms with E-state index in [4.69, 9.17) is 0 Å². The first kappa shape index (κ1) is 19.2. The molecule has 24 heavy (non-hydrogen) atoms. The Morgan fingerprint density at radius 1 is 1.00 bits per heavy atom. The lowest BCUT2D eigenvalue weighted by Crippen LogP contribution is -2.05. The predicted octanol–water partition coefficient (Wildman–Crippen LogP) is 4.51. The normalized spacial score (nSPS) is 9.62. The van der Waals surface area contributed by atoms with Gasteiger partial charge in [-0.15, -0.1) is 0 Å². The maximum atomic E-state index is 12.2. The molecule has 2 aromatic rings. The molecular weight excluding hydrogens is 306 g/mol. The second-order valence-corrected chi connectivity index (χ2v) is 5.22. The predicted molar refractivity (Wildman–Crippen MR) is 93.3 cm³/mol. The molecule has 2 aromatic carbocycles. The topological polar surface area (TPSA) is 77.3 Å². The van der Waals surface area contributed by atoms with E-state index >= 15 is 0 Å². The molecule has 0 aliphatic carbocycles. The average molecular weight is 327 g/mol. The highest BCUT2D eigenvalue weighted by Crippen LogP contribution is 2.23. The van der Waals surface area contributed by atoms with Gasteiger partial charge in [-0.2, -0.15) is 0 Å². The van der Waals surface area contributed by atoms with Gasteiger partial charge in [0.2, 0.25) is 0 Å². The van der Waals surface area contributed by atoms with Crippen molar-refractivity contribution in [1.29, 1.82) is 0 Å². The van der Waals surface area contributed by atoms with Crippen molar-refractivity contribution in [2.45, 2.75) is 33.6 Å². The molecule has 0 spiro atoms. The molecule has 0 atom stereocenters. The fraction of sp³-hybridized carbons (Fsp3) is 0.263. The van der Waals surface area contributed by atoms with E-state index in [1.54, 1.807) is 43.3 Å². The van der Waals surface area contributed by atoms with Crippen LogP contribution in [0.3, 0.4) is 0 Å². The molecule has 126 valence electrons. The van der Waals surface area contributed by atoms with Crippen molar-refractivity contribution in [2.75, 3.05) is 0 Å². The Bertz CT molecular complexity index is 717. The van der Waals surface area contributed by atoms with Crippen molar-refractivity contribution in [1.82, 2.24) is 0 Å². The monoisotopic (exact) mass is 327 g/mol. The van der Waals surface area contributed by atoms with Crippen molar-refractivity contribution < 1.29 is 14.5 Å². The van der Waals surface area contributed by atoms with Gasteiger partial charge in [-0.25, -0.2) is 0 Å². The first-order valence-electron chi connectivity index (χ1n) is 7.77. The third-order valence-corrected chi connectivity index (χ3v) is 3.42. The molecule has 0 amide bonds. The Hall–Kier alpha value is -2.82. The highest BCUT2D eigenvalue weighted by molar-refractivity contribution is 6.11. The van der Waals surface area contributed by atoms with Gasteiger partial charge in [0, 0.05) is 24.5 Å². The molecule has 0 saturated heterocycles. The molecule has 0 N–H and O–H groups in total. The summed E-state index contributed by atoms with van der Waals surface area (Å²) >= 11 is 0. The second kappa shape index (κ2) is 9.35. The van der Waals surface area contributed by atoms with E-state index in [9.17, 15) is 19.7 Å². The number of rotatable bonds is 5. The molecule has 0 bridgehead atoms. The van der Waals surface area contributed by atoms with E-state index in [-0.39, 0.29) is 17.0 Å². The maximum absolute atomic E-state index is 12.2. The first-order chi connectivity index (χ1) is 11.4. The fourth-order valence-corrected chi connectivity index (χ4v) is 1.98. The van der Waals surface area contributed by atoms with Crippen molar-refractivity contribution in [3.8, 4) is 0 Å². The van der Waals surface area contributed by atoms with E-state index in [1.807, 2.05) is 13.8 Å². The summed E-state index contributed by atoms with van der Waals surface area (Å²) in [6.07, 6.45) is 1.38. The third kappa shape index (κ3) is 5.43. The Morgan fingerprint density at radius 2 is 1.58 bits per heavy atom. The number of nitro benzene ring substituents is 1. The number of nitro groups is 1. The zero-order valence-electron chi connectivity index (χ0n) is 14.1. The Morgan fingerprint density at radius 3 is 2.04 bits per heavy atom. The molecule has 0 heterocycles. The van der Waals surface area contributed by atoms with E-state index in [1.165, 1.54) is 12.1 Å². The average Bonchev–Trinajstić information content (AvgIpc) is 2.61. The zero-order valence-corrected chi connectivity index (χ0v) is 14.1. The zero-order chi connectivity index (χ0) is 18.1. The van der Waals surface area contributed by atoms with Crippen molar-refractivity contribution in [3.05, 3.63) is 75.3 Å². The number of hydrogen-bond acceptors (Lipinski definition) is 4. The van der Waals surface area contributed by atoms with Crippen molar-refractivity contribution in [3.63, 3.8) is 0 Å². The van der Waals surface area contributed by atoms with Crippen LogP contribution < -0.4 is 0 Å². The van der Waals surface area contributed by atoms with Crippen molar-refractivity contribution >= 4 is 17.3 Å². The molecule has 2 rings (SSSR count). The Kier molecular flexibility index (Phi) is 7.49. The van der Waals surface area contributed by atoms with Gasteiger partial charge in [0.1, 0.15) is 11.3 Å². The van der Waals surface area contributed by atoms with E-state index in [0.717, 1.165) is 5.56 Å². The lowest BCUT2D eigenvalue weighted by atomic mass is 10.0. The molecule has 0 radical (unpaired) electrons. The van der Waals surface area contributed by atoms with Gasteiger partial charge in [0.05, 0.1) is 4.92 Å². The number of carbonyl (C=O) groups excluding carboxylic acids is 2. The number of benzene rings is 2. The van der Waals surface area contributed by atoms with Gasteiger partial charge in [0.15, 0.2) is 5.78 Å². The number of carbonyl (C=O) groups is 2. The lowest BCUT2D eigenvalue weighted by Gasteiger charge is -2.03. The minimum atomic E-state index is -0.525. The summed E-state index contributed by atoms with van der Waals surface area (Å²) in [5, 5.41) is 11.0. The Balaban J connectivity index is 0.000000413. The summed E-state index contributed by atoms with van der Waals surface area (Å²) < 4.78 is 0. The summed E-state index contributed by atoms with van der Waals surface area (Å²) in [5.41, 5.74) is 1.18. The molecule has 5 nitrogen and oxygen atoms in total. The minimum Gasteiger partial charge on any atom is -0.300 e. The standard InChI is InChI=1S/C14H11NO3.C5H10O/c1-10-7-8-12(13(9-10)15(17)18)14(16)11-5-3-2-4-6-11;1-3-5(6)4-2/h2-9H,1H3;3-4H2,1-2H3. The minimum absolute atomic E-state index is 0.122. The second-order valence-electron chi connectivity index (χ2n) is 5.22. The van der Waals surface area contributed by atoms with Crippen molar-refractivity contribution in [2.24, 2.45) is 0 Å². The van der Waals surface area contributed by atoms with E-state index < -0.39 is 4.92 Å². The van der Waals surface area contributed by atoms with Crippen LogP contribution in [0.4, 0.5) is 5.69 Å². The highest BCUT2D eigenvalue weighted by Gasteiger charge is 2.20. The van der Waals surface area contributed by atoms with Crippen LogP contribution in [-0.4, -0.2) is 16.5 Å². The van der Waals surface area contributed by atoms with Crippen LogP contribution in [0.5, 0.6) is 0 Å². The Labute approximate surface area is 141 Å². The van der Waals surface area contributed by atoms with Gasteiger partial charge in [-0.1, -0.05) is 50.2 Å². The van der Waals surface area contributed by atoms with Gasteiger partial charge >= 0.3 is 0 Å². The summed E-state index contributed by atoms with van der Waals surface area (Å²) in [5.74, 6) is 0.0114. The van der Waals surface area contributed by atoms with Crippen LogP contribution in [0.2, 0.25) is 0 Å². The number of ketones is 2. The van der Waals surface area contributed by atoms with Gasteiger partial charge in [-0.3, -0.25) is 19.7 Å². The first-order valence-corrected chi connectivity index (χ1v) is 7.77.